The third kappa shape index (κ3) is 6.74. The van der Waals surface area contributed by atoms with Crippen molar-refractivity contribution in [3.63, 3.8) is 0 Å². The van der Waals surface area contributed by atoms with Crippen LogP contribution in [0.5, 0.6) is 0 Å². The minimum atomic E-state index is -0.489. The zero-order valence-electron chi connectivity index (χ0n) is 12.1. The molecule has 5 nitrogen and oxygen atoms in total. The number of nitrogens with one attached hydrogen (secondary N) is 3. The van der Waals surface area contributed by atoms with E-state index in [1.807, 2.05) is 20.8 Å². The second-order valence-corrected chi connectivity index (χ2v) is 5.56. The highest BCUT2D eigenvalue weighted by Gasteiger charge is 2.26. The molecule has 0 rings (SSSR count). The van der Waals surface area contributed by atoms with E-state index in [4.69, 9.17) is 0 Å². The first-order chi connectivity index (χ1) is 8.47. The molecule has 0 heterocycles. The van der Waals surface area contributed by atoms with Crippen LogP contribution in [0.4, 0.5) is 0 Å². The van der Waals surface area contributed by atoms with E-state index in [1.54, 1.807) is 18.8 Å². The van der Waals surface area contributed by atoms with Crippen LogP contribution in [-0.4, -0.2) is 50.6 Å². The summed E-state index contributed by atoms with van der Waals surface area (Å²) in [7, 11) is 1.65. The van der Waals surface area contributed by atoms with Crippen LogP contribution in [0.1, 0.15) is 20.8 Å². The molecule has 18 heavy (non-hydrogen) atoms. The fraction of sp³-hybridized carbons (Fsp3) is 0.833. The second-order valence-electron chi connectivity index (χ2n) is 4.58. The summed E-state index contributed by atoms with van der Waals surface area (Å²) in [5.41, 5.74) is -0.489. The van der Waals surface area contributed by atoms with Crippen molar-refractivity contribution in [2.24, 2.45) is 10.4 Å². The second kappa shape index (κ2) is 9.08. The fourth-order valence-electron chi connectivity index (χ4n) is 1.30. The average molecular weight is 274 g/mol. The van der Waals surface area contributed by atoms with Crippen molar-refractivity contribution in [1.82, 2.24) is 16.0 Å². The normalized spacial score (nSPS) is 12.2. The van der Waals surface area contributed by atoms with Gasteiger partial charge in [0.1, 0.15) is 0 Å². The number of rotatable bonds is 7. The van der Waals surface area contributed by atoms with Crippen molar-refractivity contribution in [2.45, 2.75) is 20.8 Å². The highest BCUT2D eigenvalue weighted by molar-refractivity contribution is 7.98. The molecule has 0 aromatic heterocycles. The molecular formula is C12H26N4OS. The average Bonchev–Trinajstić information content (AvgIpc) is 2.35. The summed E-state index contributed by atoms with van der Waals surface area (Å²) in [6.45, 7) is 7.94. The highest BCUT2D eigenvalue weighted by atomic mass is 32.2. The number of hydrogen-bond donors (Lipinski definition) is 3. The number of thioether (sulfide) groups is 1. The van der Waals surface area contributed by atoms with E-state index in [-0.39, 0.29) is 5.91 Å². The van der Waals surface area contributed by atoms with Gasteiger partial charge in [0.2, 0.25) is 5.91 Å². The summed E-state index contributed by atoms with van der Waals surface area (Å²) < 4.78 is 0. The molecule has 106 valence electrons. The van der Waals surface area contributed by atoms with Crippen molar-refractivity contribution in [3.8, 4) is 0 Å². The quantitative estimate of drug-likeness (QED) is 0.363. The van der Waals surface area contributed by atoms with Crippen LogP contribution in [0.25, 0.3) is 0 Å². The lowest BCUT2D eigenvalue weighted by molar-refractivity contribution is -0.128. The summed E-state index contributed by atoms with van der Waals surface area (Å²) in [5, 5.41) is 9.07. The predicted octanol–water partition coefficient (Wildman–Crippen LogP) is 0.677. The van der Waals surface area contributed by atoms with Gasteiger partial charge in [-0.2, -0.15) is 11.8 Å². The van der Waals surface area contributed by atoms with Crippen molar-refractivity contribution >= 4 is 23.6 Å². The molecule has 0 saturated carbocycles. The number of carbonyl (C=O) groups excluding carboxylic acids is 1. The lowest BCUT2D eigenvalue weighted by Crippen LogP contribution is -2.41. The van der Waals surface area contributed by atoms with E-state index >= 15 is 0 Å². The third-order valence-electron chi connectivity index (χ3n) is 2.42. The summed E-state index contributed by atoms with van der Waals surface area (Å²) in [6, 6.07) is 0. The van der Waals surface area contributed by atoms with Crippen LogP contribution in [0.2, 0.25) is 0 Å². The molecule has 0 aliphatic heterocycles. The van der Waals surface area contributed by atoms with Gasteiger partial charge >= 0.3 is 0 Å². The largest absolute Gasteiger partial charge is 0.359 e. The molecule has 0 aliphatic carbocycles. The maximum Gasteiger partial charge on any atom is 0.227 e. The molecule has 0 atom stereocenters. The third-order valence-corrected chi connectivity index (χ3v) is 3.03. The number of carbonyl (C=O) groups is 1. The lowest BCUT2D eigenvalue weighted by Gasteiger charge is -2.21. The molecule has 3 N–H and O–H groups in total. The molecule has 0 saturated heterocycles. The minimum absolute atomic E-state index is 0.00575. The van der Waals surface area contributed by atoms with Gasteiger partial charge in [-0.15, -0.1) is 0 Å². The summed E-state index contributed by atoms with van der Waals surface area (Å²) in [4.78, 5) is 16.1. The van der Waals surface area contributed by atoms with Crippen LogP contribution in [0, 0.1) is 5.41 Å². The maximum atomic E-state index is 11.6. The van der Waals surface area contributed by atoms with Gasteiger partial charge in [-0.3, -0.25) is 9.79 Å². The first-order valence-electron chi connectivity index (χ1n) is 6.21. The van der Waals surface area contributed by atoms with E-state index in [1.165, 1.54) is 0 Å². The predicted molar refractivity (Wildman–Crippen MR) is 80.2 cm³/mol. The molecule has 0 aliphatic rings. The van der Waals surface area contributed by atoms with Gasteiger partial charge in [0.15, 0.2) is 5.96 Å². The summed E-state index contributed by atoms with van der Waals surface area (Å²) in [5.74, 6) is 1.80. The Hall–Kier alpha value is -0.910. The molecule has 0 bridgehead atoms. The summed E-state index contributed by atoms with van der Waals surface area (Å²) >= 11 is 1.78. The molecule has 0 unspecified atom stereocenters. The van der Waals surface area contributed by atoms with Gasteiger partial charge in [0.05, 0.1) is 12.0 Å². The van der Waals surface area contributed by atoms with Crippen LogP contribution >= 0.6 is 11.8 Å². The standard InChI is InChI=1S/C12H26N4OS/c1-6-14-11(15-7-8-18-5)16-9-12(2,3)10(17)13-4/h6-9H2,1-5H3,(H,13,17)(H2,14,15,16). The number of aliphatic imine (C=N–C) groups is 1. The maximum absolute atomic E-state index is 11.6. The zero-order valence-corrected chi connectivity index (χ0v) is 12.9. The van der Waals surface area contributed by atoms with Gasteiger partial charge in [-0.25, -0.2) is 0 Å². The number of nitrogens with zero attached hydrogens (tertiary/aromatic N) is 1. The molecule has 0 spiro atoms. The van der Waals surface area contributed by atoms with Gasteiger partial charge < -0.3 is 16.0 Å². The van der Waals surface area contributed by atoms with Crippen LogP contribution in [0.15, 0.2) is 4.99 Å². The molecule has 0 aromatic carbocycles. The topological polar surface area (TPSA) is 65.5 Å². The van der Waals surface area contributed by atoms with E-state index in [0.29, 0.717) is 6.54 Å². The van der Waals surface area contributed by atoms with Crippen molar-refractivity contribution in [3.05, 3.63) is 0 Å². The van der Waals surface area contributed by atoms with Gasteiger partial charge in [0.25, 0.3) is 0 Å². The van der Waals surface area contributed by atoms with E-state index in [0.717, 1.165) is 24.8 Å². The highest BCUT2D eigenvalue weighted by Crippen LogP contribution is 2.15. The van der Waals surface area contributed by atoms with Gasteiger partial charge in [0, 0.05) is 25.9 Å². The van der Waals surface area contributed by atoms with Crippen molar-refractivity contribution in [2.75, 3.05) is 38.7 Å². The molecule has 0 aromatic rings. The van der Waals surface area contributed by atoms with Crippen molar-refractivity contribution < 1.29 is 4.79 Å². The monoisotopic (exact) mass is 274 g/mol. The van der Waals surface area contributed by atoms with Crippen molar-refractivity contribution in [1.29, 1.82) is 0 Å². The van der Waals surface area contributed by atoms with Gasteiger partial charge in [-0.1, -0.05) is 0 Å². The Morgan fingerprint density at radius 1 is 1.33 bits per heavy atom. The first kappa shape index (κ1) is 17.1. The fourth-order valence-corrected chi connectivity index (χ4v) is 1.61. The smallest absolute Gasteiger partial charge is 0.227 e. The van der Waals surface area contributed by atoms with E-state index in [2.05, 4.69) is 27.2 Å². The van der Waals surface area contributed by atoms with Crippen LogP contribution in [-0.2, 0) is 4.79 Å². The van der Waals surface area contributed by atoms with Gasteiger partial charge in [-0.05, 0) is 27.0 Å². The Balaban J connectivity index is 4.41. The number of hydrogen-bond acceptors (Lipinski definition) is 3. The molecule has 0 radical (unpaired) electrons. The lowest BCUT2D eigenvalue weighted by atomic mass is 9.93. The van der Waals surface area contributed by atoms with Crippen LogP contribution < -0.4 is 16.0 Å². The Morgan fingerprint density at radius 3 is 2.50 bits per heavy atom. The zero-order chi connectivity index (χ0) is 14.0. The van der Waals surface area contributed by atoms with E-state index < -0.39 is 5.41 Å². The van der Waals surface area contributed by atoms with Crippen LogP contribution in [0.3, 0.4) is 0 Å². The SMILES string of the molecule is CCNC(=NCC(C)(C)C(=O)NC)NCCSC. The molecule has 0 fully saturated rings. The Kier molecular flexibility index (Phi) is 8.62. The summed E-state index contributed by atoms with van der Waals surface area (Å²) in [6.07, 6.45) is 2.07. The Labute approximate surface area is 115 Å². The molecule has 1 amide bonds. The Bertz CT molecular complexity index is 279. The number of amides is 1. The first-order valence-corrected chi connectivity index (χ1v) is 7.60. The number of guanidine groups is 1. The minimum Gasteiger partial charge on any atom is -0.359 e. The molecule has 6 heteroatoms. The van der Waals surface area contributed by atoms with E-state index in [9.17, 15) is 4.79 Å². The Morgan fingerprint density at radius 2 is 2.00 bits per heavy atom. The molecular weight excluding hydrogens is 248 g/mol.